The summed E-state index contributed by atoms with van der Waals surface area (Å²) in [6.45, 7) is 3.94. The third-order valence-corrected chi connectivity index (χ3v) is 5.53. The van der Waals surface area contributed by atoms with E-state index >= 15 is 0 Å². The second-order valence-electron chi connectivity index (χ2n) is 6.84. The van der Waals surface area contributed by atoms with Crippen LogP contribution in [-0.4, -0.2) is 22.1 Å². The smallest absolute Gasteiger partial charge is 0.252 e. The number of thioether (sulfide) groups is 1. The zero-order valence-corrected chi connectivity index (χ0v) is 17.7. The van der Waals surface area contributed by atoms with Crippen LogP contribution < -0.4 is 10.3 Å². The highest BCUT2D eigenvalue weighted by molar-refractivity contribution is 7.98. The van der Waals surface area contributed by atoms with Gasteiger partial charge in [0.2, 0.25) is 5.89 Å². The summed E-state index contributed by atoms with van der Waals surface area (Å²) in [5.74, 6) is 2.64. The monoisotopic (exact) mass is 419 g/mol. The number of benzene rings is 2. The second kappa shape index (κ2) is 8.59. The Morgan fingerprint density at radius 2 is 1.70 bits per heavy atom. The maximum absolute atomic E-state index is 12.1. The van der Waals surface area contributed by atoms with Crippen molar-refractivity contribution in [2.75, 3.05) is 7.11 Å². The topological polar surface area (TPSA) is 81.0 Å². The summed E-state index contributed by atoms with van der Waals surface area (Å²) < 4.78 is 11.0. The molecule has 0 spiro atoms. The number of oxazole rings is 1. The Morgan fingerprint density at radius 1 is 1.00 bits per heavy atom. The molecule has 4 rings (SSSR count). The Hall–Kier alpha value is -3.32. The number of nitrogens with one attached hydrogen (secondary N) is 1. The lowest BCUT2D eigenvalue weighted by Gasteiger charge is -2.05. The predicted molar refractivity (Wildman–Crippen MR) is 118 cm³/mol. The first-order chi connectivity index (χ1) is 14.5. The minimum atomic E-state index is -0.199. The highest BCUT2D eigenvalue weighted by atomic mass is 32.2. The van der Waals surface area contributed by atoms with Crippen molar-refractivity contribution in [3.8, 4) is 28.5 Å². The fourth-order valence-corrected chi connectivity index (χ4v) is 3.81. The Morgan fingerprint density at radius 3 is 2.40 bits per heavy atom. The maximum atomic E-state index is 12.1. The van der Waals surface area contributed by atoms with Crippen LogP contribution in [0.5, 0.6) is 5.75 Å². The molecule has 0 bridgehead atoms. The molecule has 0 aliphatic rings. The average molecular weight is 420 g/mol. The van der Waals surface area contributed by atoms with Crippen molar-refractivity contribution in [1.29, 1.82) is 0 Å². The van der Waals surface area contributed by atoms with E-state index < -0.39 is 0 Å². The zero-order chi connectivity index (χ0) is 21.1. The summed E-state index contributed by atoms with van der Waals surface area (Å²) in [6, 6.07) is 17.0. The number of rotatable bonds is 6. The summed E-state index contributed by atoms with van der Waals surface area (Å²) >= 11 is 1.42. The van der Waals surface area contributed by atoms with Gasteiger partial charge in [-0.05, 0) is 50.2 Å². The maximum Gasteiger partial charge on any atom is 0.252 e. The van der Waals surface area contributed by atoms with Crippen molar-refractivity contribution < 1.29 is 9.15 Å². The number of aromatic amines is 1. The van der Waals surface area contributed by atoms with Crippen LogP contribution in [0.1, 0.15) is 17.0 Å². The molecule has 4 aromatic rings. The largest absolute Gasteiger partial charge is 0.497 e. The van der Waals surface area contributed by atoms with Gasteiger partial charge in [-0.15, -0.1) is 0 Å². The van der Waals surface area contributed by atoms with Gasteiger partial charge in [0.15, 0.2) is 5.16 Å². The minimum Gasteiger partial charge on any atom is -0.497 e. The third kappa shape index (κ3) is 4.46. The van der Waals surface area contributed by atoms with Crippen LogP contribution >= 0.6 is 11.8 Å². The lowest BCUT2D eigenvalue weighted by atomic mass is 10.1. The molecule has 0 aliphatic carbocycles. The number of aryl methyl sites for hydroxylation is 2. The quantitative estimate of drug-likeness (QED) is 0.349. The standard InChI is InChI=1S/C23H21N3O3S/c1-14-4-6-17(7-5-14)22-24-20(15(2)29-22)13-30-23-25-19(12-21(27)26-23)16-8-10-18(28-3)11-9-16/h4-12H,13H2,1-3H3,(H,25,26,27). The summed E-state index contributed by atoms with van der Waals surface area (Å²) in [4.78, 5) is 24.1. The molecule has 0 amide bonds. The van der Waals surface area contributed by atoms with Crippen LogP contribution in [0, 0.1) is 13.8 Å². The molecule has 6 nitrogen and oxygen atoms in total. The lowest BCUT2D eigenvalue weighted by Crippen LogP contribution is -2.08. The Labute approximate surface area is 178 Å². The SMILES string of the molecule is COc1ccc(-c2cc(=O)[nH]c(SCc3nc(-c4ccc(C)cc4)oc3C)n2)cc1. The van der Waals surface area contributed by atoms with E-state index in [9.17, 15) is 4.79 Å². The van der Waals surface area contributed by atoms with E-state index in [-0.39, 0.29) is 5.56 Å². The van der Waals surface area contributed by atoms with Crippen molar-refractivity contribution in [3.63, 3.8) is 0 Å². The van der Waals surface area contributed by atoms with Crippen LogP contribution in [-0.2, 0) is 5.75 Å². The van der Waals surface area contributed by atoms with Crippen molar-refractivity contribution in [2.24, 2.45) is 0 Å². The van der Waals surface area contributed by atoms with Crippen molar-refractivity contribution in [2.45, 2.75) is 24.8 Å². The number of aromatic nitrogens is 3. The number of nitrogens with zero attached hydrogens (tertiary/aromatic N) is 2. The summed E-state index contributed by atoms with van der Waals surface area (Å²) in [7, 11) is 1.62. The molecule has 152 valence electrons. The molecule has 0 atom stereocenters. The van der Waals surface area contributed by atoms with Gasteiger partial charge < -0.3 is 14.1 Å². The van der Waals surface area contributed by atoms with Crippen LogP contribution in [0.25, 0.3) is 22.7 Å². The molecule has 2 aromatic heterocycles. The third-order valence-electron chi connectivity index (χ3n) is 4.64. The van der Waals surface area contributed by atoms with Gasteiger partial charge in [0.05, 0.1) is 18.5 Å². The molecule has 30 heavy (non-hydrogen) atoms. The molecular weight excluding hydrogens is 398 g/mol. The molecule has 2 aromatic carbocycles. The van der Waals surface area contributed by atoms with Gasteiger partial charge in [-0.2, -0.15) is 0 Å². The molecule has 0 aliphatic heterocycles. The van der Waals surface area contributed by atoms with Crippen molar-refractivity contribution in [3.05, 3.63) is 82.0 Å². The first-order valence-corrected chi connectivity index (χ1v) is 10.4. The molecule has 0 fully saturated rings. The van der Waals surface area contributed by atoms with E-state index in [0.717, 1.165) is 28.3 Å². The van der Waals surface area contributed by atoms with Crippen LogP contribution in [0.2, 0.25) is 0 Å². The first-order valence-electron chi connectivity index (χ1n) is 9.44. The van der Waals surface area contributed by atoms with Crippen LogP contribution in [0.3, 0.4) is 0 Å². The predicted octanol–water partition coefficient (Wildman–Crippen LogP) is 5.01. The van der Waals surface area contributed by atoms with Gasteiger partial charge in [-0.1, -0.05) is 29.5 Å². The van der Waals surface area contributed by atoms with E-state index in [1.54, 1.807) is 7.11 Å². The number of hydrogen-bond acceptors (Lipinski definition) is 6. The van der Waals surface area contributed by atoms with Crippen molar-refractivity contribution >= 4 is 11.8 Å². The number of methoxy groups -OCH3 is 1. The summed E-state index contributed by atoms with van der Waals surface area (Å²) in [6.07, 6.45) is 0. The second-order valence-corrected chi connectivity index (χ2v) is 7.80. The molecule has 0 saturated heterocycles. The Kier molecular flexibility index (Phi) is 5.72. The molecule has 7 heteroatoms. The number of hydrogen-bond donors (Lipinski definition) is 1. The summed E-state index contributed by atoms with van der Waals surface area (Å²) in [5.41, 5.74) is 4.21. The molecule has 0 radical (unpaired) electrons. The van der Waals surface area contributed by atoms with Gasteiger partial charge in [0.1, 0.15) is 11.5 Å². The van der Waals surface area contributed by atoms with E-state index in [0.29, 0.717) is 22.5 Å². The van der Waals surface area contributed by atoms with E-state index in [2.05, 4.69) is 15.0 Å². The summed E-state index contributed by atoms with van der Waals surface area (Å²) in [5, 5.41) is 0.535. The zero-order valence-electron chi connectivity index (χ0n) is 16.9. The molecule has 0 unspecified atom stereocenters. The van der Waals surface area contributed by atoms with Crippen molar-refractivity contribution in [1.82, 2.24) is 15.0 Å². The molecule has 1 N–H and O–H groups in total. The lowest BCUT2D eigenvalue weighted by molar-refractivity contribution is 0.415. The van der Waals surface area contributed by atoms with Gasteiger partial charge in [0, 0.05) is 22.9 Å². The average Bonchev–Trinajstić information content (AvgIpc) is 3.13. The first kappa shape index (κ1) is 20.0. The van der Waals surface area contributed by atoms with Gasteiger partial charge in [0.25, 0.3) is 5.56 Å². The fraction of sp³-hybridized carbons (Fsp3) is 0.174. The number of ether oxygens (including phenoxy) is 1. The number of H-pyrrole nitrogens is 1. The molecular formula is C23H21N3O3S. The minimum absolute atomic E-state index is 0.199. The Bertz CT molecular complexity index is 1210. The van der Waals surface area contributed by atoms with Gasteiger partial charge in [-0.3, -0.25) is 4.79 Å². The fourth-order valence-electron chi connectivity index (χ4n) is 2.93. The van der Waals surface area contributed by atoms with Crippen LogP contribution in [0.15, 0.2) is 69.0 Å². The highest BCUT2D eigenvalue weighted by Crippen LogP contribution is 2.27. The van der Waals surface area contributed by atoms with E-state index in [1.807, 2.05) is 62.4 Å². The van der Waals surface area contributed by atoms with E-state index in [1.165, 1.54) is 23.4 Å². The van der Waals surface area contributed by atoms with Gasteiger partial charge in [-0.25, -0.2) is 9.97 Å². The molecule has 0 saturated carbocycles. The Balaban J connectivity index is 1.53. The van der Waals surface area contributed by atoms with E-state index in [4.69, 9.17) is 9.15 Å². The van der Waals surface area contributed by atoms with Crippen LogP contribution in [0.4, 0.5) is 0 Å². The van der Waals surface area contributed by atoms with Gasteiger partial charge >= 0.3 is 0 Å². The normalized spacial score (nSPS) is 10.9. The highest BCUT2D eigenvalue weighted by Gasteiger charge is 2.13. The molecule has 2 heterocycles.